The molecule has 0 atom stereocenters. The van der Waals surface area contributed by atoms with E-state index in [4.69, 9.17) is 0 Å². The molecular formula is C7H14O. The van der Waals surface area contributed by atoms with Crippen LogP contribution in [0.1, 0.15) is 26.2 Å². The van der Waals surface area contributed by atoms with E-state index in [0.29, 0.717) is 0 Å². The first kappa shape index (κ1) is 10.4. The van der Waals surface area contributed by atoms with Gasteiger partial charge in [-0.25, -0.2) is 0 Å². The zero-order valence-electron chi connectivity index (χ0n) is 5.52. The minimum atomic E-state index is 0.733. The van der Waals surface area contributed by atoms with Crippen molar-refractivity contribution in [3.63, 3.8) is 0 Å². The van der Waals surface area contributed by atoms with E-state index in [1.54, 1.807) is 0 Å². The van der Waals surface area contributed by atoms with Crippen LogP contribution in [0.2, 0.25) is 0 Å². The average molecular weight is 114 g/mol. The van der Waals surface area contributed by atoms with Crippen molar-refractivity contribution in [1.82, 2.24) is 0 Å². The van der Waals surface area contributed by atoms with Crippen LogP contribution in [0.5, 0.6) is 0 Å². The van der Waals surface area contributed by atoms with Crippen molar-refractivity contribution in [2.75, 3.05) is 0 Å². The summed E-state index contributed by atoms with van der Waals surface area (Å²) >= 11 is 0. The Morgan fingerprint density at radius 1 is 1.50 bits per heavy atom. The molecule has 0 aromatic carbocycles. The summed E-state index contributed by atoms with van der Waals surface area (Å²) in [4.78, 5) is 9.56. The van der Waals surface area contributed by atoms with E-state index in [-0.39, 0.29) is 0 Å². The van der Waals surface area contributed by atoms with Gasteiger partial charge in [-0.2, -0.15) is 0 Å². The second kappa shape index (κ2) is 16.1. The monoisotopic (exact) mass is 114 g/mol. The molecule has 0 aromatic heterocycles. The van der Waals surface area contributed by atoms with Crippen LogP contribution in [-0.2, 0) is 4.79 Å². The number of carbonyl (C=O) groups excluding carboxylic acids is 1. The first-order valence-corrected chi connectivity index (χ1v) is 2.85. The summed E-state index contributed by atoms with van der Waals surface area (Å²) in [5.74, 6) is 0. The summed E-state index contributed by atoms with van der Waals surface area (Å²) in [5, 5.41) is 0. The first-order chi connectivity index (χ1) is 3.91. The van der Waals surface area contributed by atoms with Gasteiger partial charge in [0.05, 0.1) is 0 Å². The molecular weight excluding hydrogens is 100 g/mol. The quantitative estimate of drug-likeness (QED) is 0.312. The number of hydrogen-bond acceptors (Lipinski definition) is 1. The van der Waals surface area contributed by atoms with Crippen LogP contribution in [0.3, 0.4) is 0 Å². The fourth-order valence-corrected chi connectivity index (χ4v) is 0.287. The van der Waals surface area contributed by atoms with Crippen LogP contribution in [0.4, 0.5) is 0 Å². The summed E-state index contributed by atoms with van der Waals surface area (Å²) in [6.07, 6.45) is 3.86. The van der Waals surface area contributed by atoms with Crippen molar-refractivity contribution in [3.05, 3.63) is 13.2 Å². The Labute approximate surface area is 51.4 Å². The lowest BCUT2D eigenvalue weighted by Crippen LogP contribution is -1.70. The molecule has 0 saturated carbocycles. The molecule has 0 amide bonds. The molecule has 0 aliphatic rings. The molecule has 0 aliphatic carbocycles. The molecule has 1 heteroatoms. The van der Waals surface area contributed by atoms with Gasteiger partial charge in [-0.1, -0.05) is 13.3 Å². The Bertz CT molecular complexity index is 41.7. The van der Waals surface area contributed by atoms with Crippen molar-refractivity contribution < 1.29 is 4.79 Å². The maximum absolute atomic E-state index is 9.56. The van der Waals surface area contributed by atoms with Gasteiger partial charge in [0.15, 0.2) is 0 Å². The van der Waals surface area contributed by atoms with Gasteiger partial charge in [0, 0.05) is 6.42 Å². The summed E-state index contributed by atoms with van der Waals surface area (Å²) in [5.41, 5.74) is 0. The fraction of sp³-hybridized carbons (Fsp3) is 0.571. The summed E-state index contributed by atoms with van der Waals surface area (Å²) in [6.45, 7) is 8.07. The molecule has 0 N–H and O–H groups in total. The lowest BCUT2D eigenvalue weighted by molar-refractivity contribution is -0.107. The predicted molar refractivity (Wildman–Crippen MR) is 36.8 cm³/mol. The Morgan fingerprint density at radius 3 is 2.12 bits per heavy atom. The van der Waals surface area contributed by atoms with E-state index in [0.717, 1.165) is 25.5 Å². The molecule has 0 rings (SSSR count). The van der Waals surface area contributed by atoms with Crippen LogP contribution in [0.15, 0.2) is 13.2 Å². The van der Waals surface area contributed by atoms with Crippen molar-refractivity contribution >= 4 is 6.29 Å². The predicted octanol–water partition coefficient (Wildman–Crippen LogP) is 2.18. The molecule has 0 radical (unpaired) electrons. The standard InChI is InChI=1S/C5H10O.C2H4/c1-2-3-4-5-6;1-2/h5H,2-4H2,1H3;1-2H2. The molecule has 0 unspecified atom stereocenters. The lowest BCUT2D eigenvalue weighted by atomic mass is 10.3. The molecule has 1 nitrogen and oxygen atoms in total. The van der Waals surface area contributed by atoms with Crippen molar-refractivity contribution in [2.45, 2.75) is 26.2 Å². The van der Waals surface area contributed by atoms with Crippen LogP contribution in [0.25, 0.3) is 0 Å². The summed E-state index contributed by atoms with van der Waals surface area (Å²) < 4.78 is 0. The zero-order chi connectivity index (χ0) is 6.83. The number of unbranched alkanes of at least 4 members (excludes halogenated alkanes) is 2. The maximum atomic E-state index is 9.56. The minimum Gasteiger partial charge on any atom is -0.303 e. The Hall–Kier alpha value is -0.590. The van der Waals surface area contributed by atoms with Gasteiger partial charge in [-0.15, -0.1) is 13.2 Å². The molecule has 0 aliphatic heterocycles. The van der Waals surface area contributed by atoms with Gasteiger partial charge in [0.2, 0.25) is 0 Å². The number of aldehydes is 1. The third kappa shape index (κ3) is 18.1. The Balaban J connectivity index is 0. The number of carbonyl (C=O) groups is 1. The van der Waals surface area contributed by atoms with E-state index in [1.165, 1.54) is 0 Å². The minimum absolute atomic E-state index is 0.733. The molecule has 8 heavy (non-hydrogen) atoms. The van der Waals surface area contributed by atoms with Gasteiger partial charge in [0.1, 0.15) is 6.29 Å². The highest BCUT2D eigenvalue weighted by molar-refractivity contribution is 5.48. The largest absolute Gasteiger partial charge is 0.303 e. The highest BCUT2D eigenvalue weighted by Crippen LogP contribution is 1.87. The van der Waals surface area contributed by atoms with E-state index < -0.39 is 0 Å². The number of hydrogen-bond donors (Lipinski definition) is 0. The van der Waals surface area contributed by atoms with E-state index in [9.17, 15) is 4.79 Å². The van der Waals surface area contributed by atoms with Crippen molar-refractivity contribution in [3.8, 4) is 0 Å². The first-order valence-electron chi connectivity index (χ1n) is 2.85. The molecule has 0 bridgehead atoms. The second-order valence-electron chi connectivity index (χ2n) is 1.31. The van der Waals surface area contributed by atoms with Gasteiger partial charge in [-0.3, -0.25) is 0 Å². The zero-order valence-corrected chi connectivity index (χ0v) is 5.52. The van der Waals surface area contributed by atoms with Crippen LogP contribution in [-0.4, -0.2) is 6.29 Å². The SMILES string of the molecule is C=C.CCCCC=O. The molecule has 0 heterocycles. The topological polar surface area (TPSA) is 17.1 Å². The highest BCUT2D eigenvalue weighted by Gasteiger charge is 1.74. The van der Waals surface area contributed by atoms with Gasteiger partial charge in [-0.05, 0) is 6.42 Å². The summed E-state index contributed by atoms with van der Waals surface area (Å²) in [6, 6.07) is 0. The van der Waals surface area contributed by atoms with Gasteiger partial charge < -0.3 is 4.79 Å². The third-order valence-electron chi connectivity index (χ3n) is 0.676. The van der Waals surface area contributed by atoms with Crippen LogP contribution in [0, 0.1) is 0 Å². The third-order valence-corrected chi connectivity index (χ3v) is 0.676. The van der Waals surface area contributed by atoms with Crippen molar-refractivity contribution in [1.29, 1.82) is 0 Å². The van der Waals surface area contributed by atoms with Gasteiger partial charge in [0.25, 0.3) is 0 Å². The molecule has 0 saturated heterocycles. The lowest BCUT2D eigenvalue weighted by Gasteiger charge is -1.79. The number of rotatable bonds is 3. The smallest absolute Gasteiger partial charge is 0.119 e. The average Bonchev–Trinajstić information content (AvgIpc) is 1.88. The van der Waals surface area contributed by atoms with Gasteiger partial charge >= 0.3 is 0 Å². The second-order valence-corrected chi connectivity index (χ2v) is 1.31. The van der Waals surface area contributed by atoms with E-state index in [2.05, 4.69) is 20.1 Å². The molecule has 0 aromatic rings. The normalized spacial score (nSPS) is 6.62. The maximum Gasteiger partial charge on any atom is 0.119 e. The van der Waals surface area contributed by atoms with E-state index in [1.807, 2.05) is 0 Å². The highest BCUT2D eigenvalue weighted by atomic mass is 16.1. The van der Waals surface area contributed by atoms with Crippen LogP contribution < -0.4 is 0 Å². The van der Waals surface area contributed by atoms with Crippen molar-refractivity contribution in [2.24, 2.45) is 0 Å². The van der Waals surface area contributed by atoms with Crippen LogP contribution >= 0.6 is 0 Å². The fourth-order valence-electron chi connectivity index (χ4n) is 0.287. The molecule has 0 spiro atoms. The van der Waals surface area contributed by atoms with E-state index >= 15 is 0 Å². The summed E-state index contributed by atoms with van der Waals surface area (Å²) in [7, 11) is 0. The Kier molecular flexibility index (Phi) is 21.0. The molecule has 48 valence electrons. The molecule has 0 fully saturated rings. The Morgan fingerprint density at radius 2 is 2.00 bits per heavy atom.